The topological polar surface area (TPSA) is 68.2 Å². The Balaban J connectivity index is 1.44. The molecule has 0 spiro atoms. The standard InChI is InChI=1S/C19H32N4O2/c1-13-4-6-17(7-5-13)22-19(24)14(2)20-10-15-8-9-25-18(15)16-11-21-23(3)12-16/h11-15,17-18,20H,4-10H2,1-3H3,(H,22,24)/t13?,14-,15+,17?,18-/m0/s1. The molecule has 6 heteroatoms. The molecule has 6 nitrogen and oxygen atoms in total. The zero-order chi connectivity index (χ0) is 17.8. The molecule has 1 saturated carbocycles. The van der Waals surface area contributed by atoms with Crippen molar-refractivity contribution in [2.24, 2.45) is 18.9 Å². The number of nitrogens with zero attached hydrogens (tertiary/aromatic N) is 2. The summed E-state index contributed by atoms with van der Waals surface area (Å²) in [4.78, 5) is 12.4. The molecule has 1 aromatic rings. The lowest BCUT2D eigenvalue weighted by Crippen LogP contribution is -2.48. The Kier molecular flexibility index (Phi) is 6.12. The number of aryl methyl sites for hydroxylation is 1. The predicted molar refractivity (Wildman–Crippen MR) is 97.0 cm³/mol. The number of hydrogen-bond acceptors (Lipinski definition) is 4. The minimum atomic E-state index is -0.172. The minimum Gasteiger partial charge on any atom is -0.373 e. The minimum absolute atomic E-state index is 0.0799. The van der Waals surface area contributed by atoms with Gasteiger partial charge in [0.15, 0.2) is 0 Å². The van der Waals surface area contributed by atoms with Crippen LogP contribution < -0.4 is 10.6 Å². The second kappa shape index (κ2) is 8.32. The molecule has 2 heterocycles. The van der Waals surface area contributed by atoms with Gasteiger partial charge in [0.25, 0.3) is 0 Å². The summed E-state index contributed by atoms with van der Waals surface area (Å²) in [6.07, 6.45) is 9.65. The second-order valence-electron chi connectivity index (χ2n) is 7.88. The maximum atomic E-state index is 12.4. The van der Waals surface area contributed by atoms with Gasteiger partial charge in [-0.15, -0.1) is 0 Å². The van der Waals surface area contributed by atoms with Gasteiger partial charge in [0, 0.05) is 43.9 Å². The van der Waals surface area contributed by atoms with Gasteiger partial charge in [-0.05, 0) is 44.9 Å². The fourth-order valence-electron chi connectivity index (χ4n) is 3.95. The average Bonchev–Trinajstić information content (AvgIpc) is 3.23. The Morgan fingerprint density at radius 2 is 2.12 bits per heavy atom. The molecule has 1 amide bonds. The van der Waals surface area contributed by atoms with Crippen LogP contribution in [0.2, 0.25) is 0 Å². The van der Waals surface area contributed by atoms with E-state index in [1.54, 1.807) is 0 Å². The zero-order valence-corrected chi connectivity index (χ0v) is 15.7. The van der Waals surface area contributed by atoms with E-state index in [2.05, 4.69) is 22.7 Å². The van der Waals surface area contributed by atoms with E-state index >= 15 is 0 Å². The smallest absolute Gasteiger partial charge is 0.237 e. The lowest BCUT2D eigenvalue weighted by atomic mass is 9.87. The van der Waals surface area contributed by atoms with E-state index in [1.165, 1.54) is 12.8 Å². The van der Waals surface area contributed by atoms with Crippen molar-refractivity contribution in [3.63, 3.8) is 0 Å². The molecule has 1 saturated heterocycles. The molecule has 0 aromatic carbocycles. The van der Waals surface area contributed by atoms with Crippen LogP contribution in [0.5, 0.6) is 0 Å². The number of amides is 1. The van der Waals surface area contributed by atoms with Gasteiger partial charge in [0.2, 0.25) is 5.91 Å². The van der Waals surface area contributed by atoms with Gasteiger partial charge >= 0.3 is 0 Å². The number of rotatable bonds is 6. The number of ether oxygens (including phenoxy) is 1. The summed E-state index contributed by atoms with van der Waals surface area (Å²) in [5.74, 6) is 1.31. The highest BCUT2D eigenvalue weighted by atomic mass is 16.5. The van der Waals surface area contributed by atoms with E-state index in [1.807, 2.05) is 31.0 Å². The third kappa shape index (κ3) is 4.82. The number of carbonyl (C=O) groups is 1. The van der Waals surface area contributed by atoms with Gasteiger partial charge < -0.3 is 15.4 Å². The molecular weight excluding hydrogens is 316 g/mol. The van der Waals surface area contributed by atoms with E-state index < -0.39 is 0 Å². The molecule has 2 fully saturated rings. The molecule has 1 aromatic heterocycles. The van der Waals surface area contributed by atoms with Crippen LogP contribution in [0.1, 0.15) is 57.6 Å². The molecule has 3 rings (SSSR count). The Labute approximate surface area is 150 Å². The first-order valence-electron chi connectivity index (χ1n) is 9.67. The summed E-state index contributed by atoms with van der Waals surface area (Å²) in [6.45, 7) is 5.81. The molecule has 3 atom stereocenters. The third-order valence-corrected chi connectivity index (χ3v) is 5.71. The highest BCUT2D eigenvalue weighted by molar-refractivity contribution is 5.81. The second-order valence-corrected chi connectivity index (χ2v) is 7.88. The van der Waals surface area contributed by atoms with Crippen molar-refractivity contribution in [2.45, 2.75) is 64.1 Å². The van der Waals surface area contributed by atoms with Gasteiger partial charge in [0.1, 0.15) is 0 Å². The Bertz CT molecular complexity index is 566. The summed E-state index contributed by atoms with van der Waals surface area (Å²) in [7, 11) is 1.92. The van der Waals surface area contributed by atoms with Gasteiger partial charge in [-0.3, -0.25) is 9.48 Å². The van der Waals surface area contributed by atoms with Crippen molar-refractivity contribution < 1.29 is 9.53 Å². The van der Waals surface area contributed by atoms with Crippen LogP contribution in [-0.4, -0.2) is 40.9 Å². The zero-order valence-electron chi connectivity index (χ0n) is 15.7. The van der Waals surface area contributed by atoms with E-state index in [9.17, 15) is 4.79 Å². The van der Waals surface area contributed by atoms with Crippen molar-refractivity contribution in [1.82, 2.24) is 20.4 Å². The molecule has 0 unspecified atom stereocenters. The molecule has 0 bridgehead atoms. The molecule has 25 heavy (non-hydrogen) atoms. The summed E-state index contributed by atoms with van der Waals surface area (Å²) < 4.78 is 7.70. The van der Waals surface area contributed by atoms with Crippen molar-refractivity contribution in [2.75, 3.05) is 13.2 Å². The maximum absolute atomic E-state index is 12.4. The third-order valence-electron chi connectivity index (χ3n) is 5.71. The van der Waals surface area contributed by atoms with Crippen molar-refractivity contribution >= 4 is 5.91 Å². The number of nitrogens with one attached hydrogen (secondary N) is 2. The molecule has 1 aliphatic heterocycles. The Morgan fingerprint density at radius 1 is 1.36 bits per heavy atom. The van der Waals surface area contributed by atoms with Crippen LogP contribution in [0.25, 0.3) is 0 Å². The quantitative estimate of drug-likeness (QED) is 0.827. The van der Waals surface area contributed by atoms with Gasteiger partial charge in [-0.1, -0.05) is 6.92 Å². The van der Waals surface area contributed by atoms with Crippen LogP contribution in [0, 0.1) is 11.8 Å². The lowest BCUT2D eigenvalue weighted by Gasteiger charge is -2.28. The van der Waals surface area contributed by atoms with E-state index in [0.29, 0.717) is 12.0 Å². The van der Waals surface area contributed by atoms with Gasteiger partial charge in [-0.2, -0.15) is 5.10 Å². The van der Waals surface area contributed by atoms with Crippen LogP contribution >= 0.6 is 0 Å². The number of aromatic nitrogens is 2. The normalized spacial score (nSPS) is 31.0. The van der Waals surface area contributed by atoms with Crippen LogP contribution in [0.4, 0.5) is 0 Å². The first-order valence-corrected chi connectivity index (χ1v) is 9.67. The van der Waals surface area contributed by atoms with Crippen LogP contribution in [0.15, 0.2) is 12.4 Å². The van der Waals surface area contributed by atoms with Crippen molar-refractivity contribution in [3.05, 3.63) is 18.0 Å². The fourth-order valence-corrected chi connectivity index (χ4v) is 3.95. The predicted octanol–water partition coefficient (Wildman–Crippen LogP) is 2.17. The summed E-state index contributed by atoms with van der Waals surface area (Å²) >= 11 is 0. The highest BCUT2D eigenvalue weighted by Crippen LogP contribution is 2.33. The largest absolute Gasteiger partial charge is 0.373 e. The highest BCUT2D eigenvalue weighted by Gasteiger charge is 2.31. The SMILES string of the molecule is CC1CCC(NC(=O)[C@H](C)NC[C@H]2CCO[C@@H]2c2cnn(C)c2)CC1. The van der Waals surface area contributed by atoms with Crippen molar-refractivity contribution in [1.29, 1.82) is 0 Å². The molecule has 2 aliphatic rings. The monoisotopic (exact) mass is 348 g/mol. The molecule has 0 radical (unpaired) electrons. The number of hydrogen-bond donors (Lipinski definition) is 2. The van der Waals surface area contributed by atoms with Gasteiger partial charge in [0.05, 0.1) is 18.3 Å². The van der Waals surface area contributed by atoms with Crippen molar-refractivity contribution in [3.8, 4) is 0 Å². The maximum Gasteiger partial charge on any atom is 0.237 e. The summed E-state index contributed by atoms with van der Waals surface area (Å²) in [6, 6.07) is 0.181. The fraction of sp³-hybridized carbons (Fsp3) is 0.789. The van der Waals surface area contributed by atoms with Crippen LogP contribution in [-0.2, 0) is 16.6 Å². The lowest BCUT2D eigenvalue weighted by molar-refractivity contribution is -0.123. The summed E-state index contributed by atoms with van der Waals surface area (Å²) in [5, 5.41) is 10.9. The summed E-state index contributed by atoms with van der Waals surface area (Å²) in [5.41, 5.74) is 1.13. The average molecular weight is 348 g/mol. The van der Waals surface area contributed by atoms with Crippen LogP contribution in [0.3, 0.4) is 0 Å². The first kappa shape index (κ1) is 18.4. The first-order chi connectivity index (χ1) is 12.0. The number of carbonyl (C=O) groups excluding carboxylic acids is 1. The molecule has 140 valence electrons. The Morgan fingerprint density at radius 3 is 2.80 bits per heavy atom. The molecule has 1 aliphatic carbocycles. The van der Waals surface area contributed by atoms with E-state index in [-0.39, 0.29) is 18.1 Å². The van der Waals surface area contributed by atoms with E-state index in [0.717, 1.165) is 43.9 Å². The van der Waals surface area contributed by atoms with E-state index in [4.69, 9.17) is 4.74 Å². The van der Waals surface area contributed by atoms with Gasteiger partial charge in [-0.25, -0.2) is 0 Å². The molecular formula is C19H32N4O2. The molecule has 2 N–H and O–H groups in total. The Hall–Kier alpha value is -1.40.